The van der Waals surface area contributed by atoms with Crippen LogP contribution in [0.4, 0.5) is 0 Å². The Bertz CT molecular complexity index is 503. The topological polar surface area (TPSA) is 59.4 Å². The van der Waals surface area contributed by atoms with Gasteiger partial charge in [-0.1, -0.05) is 13.8 Å². The number of ether oxygens (including phenoxy) is 1. The van der Waals surface area contributed by atoms with Gasteiger partial charge in [-0.05, 0) is 44.9 Å². The van der Waals surface area contributed by atoms with Crippen LogP contribution in [0.2, 0.25) is 0 Å². The SMILES string of the molecule is Cc1cc(OC2CC(C)CC(C)C2)c(C(=O)O)c(C)n1. The summed E-state index contributed by atoms with van der Waals surface area (Å²) in [6, 6.07) is 1.74. The highest BCUT2D eigenvalue weighted by atomic mass is 16.5. The second kappa shape index (κ2) is 5.81. The van der Waals surface area contributed by atoms with Gasteiger partial charge in [0.15, 0.2) is 0 Å². The number of aromatic nitrogens is 1. The highest BCUT2D eigenvalue weighted by molar-refractivity contribution is 5.92. The van der Waals surface area contributed by atoms with E-state index in [1.54, 1.807) is 13.0 Å². The molecule has 1 N–H and O–H groups in total. The highest BCUT2D eigenvalue weighted by Crippen LogP contribution is 2.33. The number of carboxylic acids is 1. The second-order valence-electron chi connectivity index (χ2n) is 6.18. The average Bonchev–Trinajstić information content (AvgIpc) is 2.25. The maximum absolute atomic E-state index is 11.4. The largest absolute Gasteiger partial charge is 0.489 e. The van der Waals surface area contributed by atoms with Crippen LogP contribution in [0.1, 0.15) is 54.9 Å². The lowest BCUT2D eigenvalue weighted by atomic mass is 9.82. The third-order valence-electron chi connectivity index (χ3n) is 3.94. The number of aromatic carboxylic acids is 1. The first-order chi connectivity index (χ1) is 9.36. The Hall–Kier alpha value is -1.58. The number of rotatable bonds is 3. The molecule has 20 heavy (non-hydrogen) atoms. The molecule has 0 aromatic carbocycles. The van der Waals surface area contributed by atoms with E-state index in [9.17, 15) is 9.90 Å². The fourth-order valence-electron chi connectivity index (χ4n) is 3.29. The van der Waals surface area contributed by atoms with Crippen LogP contribution in [0.3, 0.4) is 0 Å². The lowest BCUT2D eigenvalue weighted by Gasteiger charge is -2.32. The summed E-state index contributed by atoms with van der Waals surface area (Å²) in [7, 11) is 0. The predicted octanol–water partition coefficient (Wildman–Crippen LogP) is 3.60. The van der Waals surface area contributed by atoms with Gasteiger partial charge in [-0.2, -0.15) is 0 Å². The molecular weight excluding hydrogens is 254 g/mol. The molecular formula is C16H23NO3. The highest BCUT2D eigenvalue weighted by Gasteiger charge is 2.27. The van der Waals surface area contributed by atoms with Crippen molar-refractivity contribution in [3.05, 3.63) is 23.0 Å². The van der Waals surface area contributed by atoms with Crippen molar-refractivity contribution in [3.63, 3.8) is 0 Å². The summed E-state index contributed by atoms with van der Waals surface area (Å²) in [5.74, 6) is 0.748. The van der Waals surface area contributed by atoms with Crippen LogP contribution >= 0.6 is 0 Å². The Morgan fingerprint density at radius 3 is 2.40 bits per heavy atom. The van der Waals surface area contributed by atoms with Gasteiger partial charge in [0.1, 0.15) is 11.3 Å². The molecule has 1 fully saturated rings. The van der Waals surface area contributed by atoms with E-state index in [-0.39, 0.29) is 11.7 Å². The van der Waals surface area contributed by atoms with Crippen LogP contribution in [-0.4, -0.2) is 22.2 Å². The normalized spacial score (nSPS) is 26.3. The first-order valence-electron chi connectivity index (χ1n) is 7.25. The number of nitrogens with zero attached hydrogens (tertiary/aromatic N) is 1. The summed E-state index contributed by atoms with van der Waals surface area (Å²) in [4.78, 5) is 15.6. The fourth-order valence-corrected chi connectivity index (χ4v) is 3.29. The molecule has 0 saturated heterocycles. The Balaban J connectivity index is 2.26. The molecule has 0 amide bonds. The van der Waals surface area contributed by atoms with Crippen molar-refractivity contribution in [1.82, 2.24) is 4.98 Å². The Morgan fingerprint density at radius 2 is 1.85 bits per heavy atom. The summed E-state index contributed by atoms with van der Waals surface area (Å²) in [5, 5.41) is 9.35. The fraction of sp³-hybridized carbons (Fsp3) is 0.625. The zero-order valence-electron chi connectivity index (χ0n) is 12.6. The van der Waals surface area contributed by atoms with E-state index in [0.717, 1.165) is 18.5 Å². The number of aryl methyl sites for hydroxylation is 2. The number of pyridine rings is 1. The smallest absolute Gasteiger partial charge is 0.341 e. The molecule has 110 valence electrons. The summed E-state index contributed by atoms with van der Waals surface area (Å²) >= 11 is 0. The maximum atomic E-state index is 11.4. The van der Waals surface area contributed by atoms with Crippen LogP contribution in [0, 0.1) is 25.7 Å². The standard InChI is InChI=1S/C16H23NO3/c1-9-5-10(2)7-13(6-9)20-14-8-11(3)17-12(4)15(14)16(18)19/h8-10,13H,5-7H2,1-4H3,(H,18,19). The molecule has 4 nitrogen and oxygen atoms in total. The summed E-state index contributed by atoms with van der Waals surface area (Å²) in [6.07, 6.45) is 3.31. The zero-order chi connectivity index (χ0) is 14.9. The summed E-state index contributed by atoms with van der Waals surface area (Å²) in [5.41, 5.74) is 1.50. The third-order valence-corrected chi connectivity index (χ3v) is 3.94. The summed E-state index contributed by atoms with van der Waals surface area (Å²) < 4.78 is 6.03. The van der Waals surface area contributed by atoms with Crippen LogP contribution in [0.15, 0.2) is 6.07 Å². The molecule has 0 bridgehead atoms. The number of hydrogen-bond acceptors (Lipinski definition) is 3. The molecule has 0 radical (unpaired) electrons. The van der Waals surface area contributed by atoms with Gasteiger partial charge in [-0.25, -0.2) is 4.79 Å². The van der Waals surface area contributed by atoms with Gasteiger partial charge >= 0.3 is 5.97 Å². The maximum Gasteiger partial charge on any atom is 0.341 e. The third kappa shape index (κ3) is 3.30. The minimum absolute atomic E-state index is 0.105. The lowest BCUT2D eigenvalue weighted by Crippen LogP contribution is -2.29. The van der Waals surface area contributed by atoms with Gasteiger partial charge in [-0.15, -0.1) is 0 Å². The van der Waals surface area contributed by atoms with Gasteiger partial charge in [0.05, 0.1) is 11.8 Å². The van der Waals surface area contributed by atoms with Crippen LogP contribution in [-0.2, 0) is 0 Å². The van der Waals surface area contributed by atoms with Crippen molar-refractivity contribution in [3.8, 4) is 5.75 Å². The van der Waals surface area contributed by atoms with Crippen molar-refractivity contribution in [2.75, 3.05) is 0 Å². The quantitative estimate of drug-likeness (QED) is 0.917. The van der Waals surface area contributed by atoms with Gasteiger partial charge in [-0.3, -0.25) is 4.98 Å². The Kier molecular flexibility index (Phi) is 4.31. The number of carbonyl (C=O) groups is 1. The molecule has 0 spiro atoms. The second-order valence-corrected chi connectivity index (χ2v) is 6.18. The molecule has 1 heterocycles. The summed E-state index contributed by atoms with van der Waals surface area (Å²) in [6.45, 7) is 8.04. The van der Waals surface area contributed by atoms with Gasteiger partial charge in [0.2, 0.25) is 0 Å². The minimum Gasteiger partial charge on any atom is -0.489 e. The van der Waals surface area contributed by atoms with Crippen LogP contribution < -0.4 is 4.74 Å². The first kappa shape index (κ1) is 14.8. The molecule has 1 aliphatic rings. The van der Waals surface area contributed by atoms with Gasteiger partial charge in [0.25, 0.3) is 0 Å². The monoisotopic (exact) mass is 277 g/mol. The number of hydrogen-bond donors (Lipinski definition) is 1. The molecule has 2 atom stereocenters. The Labute approximate surface area is 120 Å². The van der Waals surface area contributed by atoms with E-state index in [1.165, 1.54) is 6.42 Å². The molecule has 1 aromatic heterocycles. The van der Waals surface area contributed by atoms with Gasteiger partial charge in [0, 0.05) is 11.8 Å². The van der Waals surface area contributed by atoms with E-state index in [2.05, 4.69) is 18.8 Å². The van der Waals surface area contributed by atoms with Crippen molar-refractivity contribution < 1.29 is 14.6 Å². The van der Waals surface area contributed by atoms with E-state index >= 15 is 0 Å². The van der Waals surface area contributed by atoms with Crippen LogP contribution in [0.5, 0.6) is 5.75 Å². The number of carboxylic acid groups (broad SMARTS) is 1. The van der Waals surface area contributed by atoms with Crippen molar-refractivity contribution in [2.45, 2.75) is 53.1 Å². The average molecular weight is 277 g/mol. The van der Waals surface area contributed by atoms with E-state index < -0.39 is 5.97 Å². The molecule has 1 aliphatic carbocycles. The molecule has 1 saturated carbocycles. The Morgan fingerprint density at radius 1 is 1.25 bits per heavy atom. The molecule has 0 aliphatic heterocycles. The zero-order valence-corrected chi connectivity index (χ0v) is 12.6. The lowest BCUT2D eigenvalue weighted by molar-refractivity contribution is 0.0674. The van der Waals surface area contributed by atoms with Crippen LogP contribution in [0.25, 0.3) is 0 Å². The van der Waals surface area contributed by atoms with Crippen molar-refractivity contribution in [1.29, 1.82) is 0 Å². The molecule has 1 aromatic rings. The molecule has 2 rings (SSSR count). The van der Waals surface area contributed by atoms with E-state index in [0.29, 0.717) is 23.3 Å². The van der Waals surface area contributed by atoms with E-state index in [1.807, 2.05) is 6.92 Å². The minimum atomic E-state index is -0.970. The van der Waals surface area contributed by atoms with Crippen molar-refractivity contribution in [2.24, 2.45) is 11.8 Å². The molecule has 2 unspecified atom stereocenters. The molecule has 4 heteroatoms. The van der Waals surface area contributed by atoms with Crippen molar-refractivity contribution >= 4 is 5.97 Å². The van der Waals surface area contributed by atoms with E-state index in [4.69, 9.17) is 4.74 Å². The predicted molar refractivity (Wildman–Crippen MR) is 77.3 cm³/mol. The van der Waals surface area contributed by atoms with Gasteiger partial charge < -0.3 is 9.84 Å². The first-order valence-corrected chi connectivity index (χ1v) is 7.25.